The summed E-state index contributed by atoms with van der Waals surface area (Å²) in [5, 5.41) is 0. The molecule has 0 saturated carbocycles. The van der Waals surface area contributed by atoms with Crippen LogP contribution in [0.25, 0.3) is 0 Å². The van der Waals surface area contributed by atoms with Crippen molar-refractivity contribution in [2.24, 2.45) is 0 Å². The minimum Gasteiger partial charge on any atom is -0.495 e. The SMILES string of the molecule is COc1ccccc1N1CCN(CCCCn2cc[nH]c2=S)CC1. The van der Waals surface area contributed by atoms with Crippen LogP contribution in [0.1, 0.15) is 12.8 Å². The number of rotatable bonds is 7. The lowest BCUT2D eigenvalue weighted by atomic mass is 10.2. The van der Waals surface area contributed by atoms with Gasteiger partial charge in [-0.15, -0.1) is 0 Å². The van der Waals surface area contributed by atoms with Crippen LogP contribution < -0.4 is 9.64 Å². The monoisotopic (exact) mass is 346 g/mol. The second kappa shape index (κ2) is 8.35. The lowest BCUT2D eigenvalue weighted by Crippen LogP contribution is -2.46. The zero-order valence-electron chi connectivity index (χ0n) is 14.3. The van der Waals surface area contributed by atoms with Gasteiger partial charge in [0.05, 0.1) is 12.8 Å². The molecule has 1 aliphatic rings. The van der Waals surface area contributed by atoms with E-state index in [1.54, 1.807) is 7.11 Å². The van der Waals surface area contributed by atoms with Crippen molar-refractivity contribution in [2.75, 3.05) is 44.7 Å². The first-order valence-corrected chi connectivity index (χ1v) is 9.03. The normalized spacial score (nSPS) is 15.6. The number of ether oxygens (including phenoxy) is 1. The van der Waals surface area contributed by atoms with Gasteiger partial charge in [0.2, 0.25) is 0 Å². The van der Waals surface area contributed by atoms with Crippen LogP contribution in [0.4, 0.5) is 5.69 Å². The number of unbranched alkanes of at least 4 members (excludes halogenated alkanes) is 1. The summed E-state index contributed by atoms with van der Waals surface area (Å²) in [7, 11) is 1.74. The standard InChI is InChI=1S/C18H26N4OS/c1-23-17-7-3-2-6-16(17)21-14-12-20(13-15-21)9-4-5-10-22-11-8-19-18(22)24/h2-3,6-8,11H,4-5,9-10,12-15H2,1H3,(H,19,24). The molecule has 130 valence electrons. The van der Waals surface area contributed by atoms with Gasteiger partial charge in [-0.1, -0.05) is 12.1 Å². The van der Waals surface area contributed by atoms with Crippen molar-refractivity contribution in [2.45, 2.75) is 19.4 Å². The maximum absolute atomic E-state index is 5.48. The molecule has 1 saturated heterocycles. The fourth-order valence-electron chi connectivity index (χ4n) is 3.25. The Morgan fingerprint density at radius 2 is 1.83 bits per heavy atom. The number of aryl methyl sites for hydroxylation is 1. The largest absolute Gasteiger partial charge is 0.495 e. The Labute approximate surface area is 148 Å². The van der Waals surface area contributed by atoms with Gasteiger partial charge in [0.15, 0.2) is 4.77 Å². The number of hydrogen-bond acceptors (Lipinski definition) is 4. The molecule has 0 amide bonds. The highest BCUT2D eigenvalue weighted by Crippen LogP contribution is 2.28. The molecule has 6 heteroatoms. The molecule has 3 rings (SSSR count). The van der Waals surface area contributed by atoms with E-state index in [4.69, 9.17) is 17.0 Å². The number of piperazine rings is 1. The quantitative estimate of drug-likeness (QED) is 0.617. The highest BCUT2D eigenvalue weighted by Gasteiger charge is 2.18. The van der Waals surface area contributed by atoms with Crippen LogP contribution in [-0.2, 0) is 6.54 Å². The topological polar surface area (TPSA) is 36.4 Å². The summed E-state index contributed by atoms with van der Waals surface area (Å²) in [6.07, 6.45) is 6.30. The van der Waals surface area contributed by atoms with Crippen molar-refractivity contribution in [3.8, 4) is 5.75 Å². The van der Waals surface area contributed by atoms with Crippen molar-refractivity contribution in [1.82, 2.24) is 14.5 Å². The molecule has 0 aliphatic carbocycles. The molecule has 5 nitrogen and oxygen atoms in total. The molecule has 0 atom stereocenters. The van der Waals surface area contributed by atoms with Gasteiger partial charge >= 0.3 is 0 Å². The van der Waals surface area contributed by atoms with E-state index in [9.17, 15) is 0 Å². The first-order valence-electron chi connectivity index (χ1n) is 8.62. The van der Waals surface area contributed by atoms with Gasteiger partial charge in [0.1, 0.15) is 5.75 Å². The zero-order chi connectivity index (χ0) is 16.8. The van der Waals surface area contributed by atoms with E-state index in [2.05, 4.69) is 31.5 Å². The number of para-hydroxylation sites is 2. The Hall–Kier alpha value is -1.79. The third-order valence-corrected chi connectivity index (χ3v) is 5.00. The lowest BCUT2D eigenvalue weighted by Gasteiger charge is -2.36. The molecule has 1 fully saturated rings. The van der Waals surface area contributed by atoms with Crippen LogP contribution in [0.5, 0.6) is 5.75 Å². The Bertz CT molecular complexity index is 688. The van der Waals surface area contributed by atoms with Gasteiger partial charge in [-0.05, 0) is 43.7 Å². The van der Waals surface area contributed by atoms with Crippen molar-refractivity contribution < 1.29 is 4.74 Å². The molecule has 0 bridgehead atoms. The Kier molecular flexibility index (Phi) is 5.93. The minimum atomic E-state index is 0.820. The van der Waals surface area contributed by atoms with E-state index < -0.39 is 0 Å². The molecule has 1 aliphatic heterocycles. The van der Waals surface area contributed by atoms with Gasteiger partial charge < -0.3 is 19.2 Å². The fraction of sp³-hybridized carbons (Fsp3) is 0.500. The van der Waals surface area contributed by atoms with Crippen LogP contribution in [-0.4, -0.2) is 54.3 Å². The van der Waals surface area contributed by atoms with Crippen LogP contribution in [0, 0.1) is 4.77 Å². The predicted molar refractivity (Wildman–Crippen MR) is 100 cm³/mol. The van der Waals surface area contributed by atoms with Gasteiger partial charge in [0, 0.05) is 45.1 Å². The molecule has 1 aromatic carbocycles. The Morgan fingerprint density at radius 3 is 2.54 bits per heavy atom. The third kappa shape index (κ3) is 4.19. The number of imidazole rings is 1. The van der Waals surface area contributed by atoms with Gasteiger partial charge in [0.25, 0.3) is 0 Å². The lowest BCUT2D eigenvalue weighted by molar-refractivity contribution is 0.250. The third-order valence-electron chi connectivity index (χ3n) is 4.64. The van der Waals surface area contributed by atoms with E-state index in [1.165, 1.54) is 18.5 Å². The van der Waals surface area contributed by atoms with Crippen LogP contribution in [0.15, 0.2) is 36.7 Å². The number of methoxy groups -OCH3 is 1. The molecule has 0 radical (unpaired) electrons. The summed E-state index contributed by atoms with van der Waals surface area (Å²) in [6, 6.07) is 8.29. The zero-order valence-corrected chi connectivity index (χ0v) is 15.1. The fourth-order valence-corrected chi connectivity index (χ4v) is 3.47. The molecular weight excluding hydrogens is 320 g/mol. The second-order valence-electron chi connectivity index (χ2n) is 6.17. The summed E-state index contributed by atoms with van der Waals surface area (Å²) in [5.41, 5.74) is 1.21. The summed E-state index contributed by atoms with van der Waals surface area (Å²) >= 11 is 5.22. The number of hydrogen-bond donors (Lipinski definition) is 1. The summed E-state index contributed by atoms with van der Waals surface area (Å²) < 4.78 is 8.41. The Balaban J connectivity index is 1.41. The smallest absolute Gasteiger partial charge is 0.177 e. The van der Waals surface area contributed by atoms with Crippen LogP contribution in [0.3, 0.4) is 0 Å². The number of aromatic nitrogens is 2. The average Bonchev–Trinajstić information content (AvgIpc) is 3.04. The maximum atomic E-state index is 5.48. The molecule has 0 unspecified atom stereocenters. The van der Waals surface area contributed by atoms with E-state index in [0.29, 0.717) is 0 Å². The molecule has 0 spiro atoms. The first-order chi connectivity index (χ1) is 11.8. The van der Waals surface area contributed by atoms with E-state index in [0.717, 1.165) is 49.8 Å². The summed E-state index contributed by atoms with van der Waals surface area (Å²) in [6.45, 7) is 6.51. The van der Waals surface area contributed by atoms with E-state index in [-0.39, 0.29) is 0 Å². The van der Waals surface area contributed by atoms with E-state index >= 15 is 0 Å². The molecule has 2 heterocycles. The molecule has 2 aromatic rings. The van der Waals surface area contributed by atoms with Gasteiger partial charge in [-0.2, -0.15) is 0 Å². The Morgan fingerprint density at radius 1 is 1.08 bits per heavy atom. The molecule has 24 heavy (non-hydrogen) atoms. The number of anilines is 1. The van der Waals surface area contributed by atoms with E-state index in [1.807, 2.05) is 24.5 Å². The number of nitrogens with one attached hydrogen (secondary N) is 1. The van der Waals surface area contributed by atoms with Crippen molar-refractivity contribution >= 4 is 17.9 Å². The van der Waals surface area contributed by atoms with Crippen molar-refractivity contribution in [3.63, 3.8) is 0 Å². The first kappa shape index (κ1) is 17.0. The van der Waals surface area contributed by atoms with Gasteiger partial charge in [-0.25, -0.2) is 0 Å². The predicted octanol–water partition coefficient (Wildman–Crippen LogP) is 3.16. The maximum Gasteiger partial charge on any atom is 0.177 e. The molecular formula is C18H26N4OS. The summed E-state index contributed by atoms with van der Waals surface area (Å²) in [5.74, 6) is 0.967. The van der Waals surface area contributed by atoms with Crippen LogP contribution in [0.2, 0.25) is 0 Å². The second-order valence-corrected chi connectivity index (χ2v) is 6.55. The molecule has 1 N–H and O–H groups in total. The number of benzene rings is 1. The number of nitrogens with zero attached hydrogens (tertiary/aromatic N) is 3. The summed E-state index contributed by atoms with van der Waals surface area (Å²) in [4.78, 5) is 8.02. The minimum absolute atomic E-state index is 0.820. The van der Waals surface area contributed by atoms with Gasteiger partial charge in [-0.3, -0.25) is 4.90 Å². The number of H-pyrrole nitrogens is 1. The van der Waals surface area contributed by atoms with Crippen molar-refractivity contribution in [3.05, 3.63) is 41.4 Å². The average molecular weight is 346 g/mol. The highest BCUT2D eigenvalue weighted by molar-refractivity contribution is 7.71. The number of aromatic amines is 1. The molecule has 1 aromatic heterocycles. The van der Waals surface area contributed by atoms with Crippen LogP contribution >= 0.6 is 12.2 Å². The van der Waals surface area contributed by atoms with Crippen molar-refractivity contribution in [1.29, 1.82) is 0 Å². The highest BCUT2D eigenvalue weighted by atomic mass is 32.1.